The highest BCUT2D eigenvalue weighted by Crippen LogP contribution is 2.09. The van der Waals surface area contributed by atoms with Crippen LogP contribution in [0.2, 0.25) is 0 Å². The van der Waals surface area contributed by atoms with E-state index < -0.39 is 0 Å². The zero-order valence-corrected chi connectivity index (χ0v) is 9.45. The smallest absolute Gasteiger partial charge is 0.188 e. The van der Waals surface area contributed by atoms with E-state index in [9.17, 15) is 0 Å². The normalized spacial score (nSPS) is 9.25. The molecule has 0 saturated carbocycles. The van der Waals surface area contributed by atoms with Crippen LogP contribution in [0.25, 0.3) is 0 Å². The Bertz CT molecular complexity index is 486. The van der Waals surface area contributed by atoms with Gasteiger partial charge in [0.1, 0.15) is 0 Å². The van der Waals surface area contributed by atoms with E-state index in [2.05, 4.69) is 21.8 Å². The lowest BCUT2D eigenvalue weighted by Crippen LogP contribution is -1.83. The topological polar surface area (TPSA) is 25.8 Å². The molecule has 0 spiro atoms. The van der Waals surface area contributed by atoms with Crippen LogP contribution in [0.1, 0.15) is 5.56 Å². The molecule has 0 saturated heterocycles. The van der Waals surface area contributed by atoms with Crippen LogP contribution in [0.15, 0.2) is 53.9 Å². The van der Waals surface area contributed by atoms with Crippen molar-refractivity contribution in [3.63, 3.8) is 0 Å². The standard InChI is InChI=1S/C13H10N2S/c1-2-6-12(7-3-1)8-4-11-16-13-14-9-5-10-15-13/h1-3,5-7,9-10H,11H2. The van der Waals surface area contributed by atoms with E-state index in [1.165, 1.54) is 0 Å². The van der Waals surface area contributed by atoms with Crippen LogP contribution in [0.4, 0.5) is 0 Å². The van der Waals surface area contributed by atoms with Gasteiger partial charge in [0.15, 0.2) is 5.16 Å². The Morgan fingerprint density at radius 3 is 2.50 bits per heavy atom. The number of aromatic nitrogens is 2. The molecule has 0 unspecified atom stereocenters. The van der Waals surface area contributed by atoms with Crippen LogP contribution in [-0.2, 0) is 0 Å². The van der Waals surface area contributed by atoms with Crippen LogP contribution in [0.5, 0.6) is 0 Å². The zero-order valence-electron chi connectivity index (χ0n) is 8.63. The van der Waals surface area contributed by atoms with Crippen molar-refractivity contribution in [3.05, 3.63) is 54.4 Å². The van der Waals surface area contributed by atoms with Gasteiger partial charge in [-0.1, -0.05) is 41.8 Å². The molecular formula is C13H10N2S. The first kappa shape index (κ1) is 10.7. The summed E-state index contributed by atoms with van der Waals surface area (Å²) in [5.74, 6) is 6.88. The highest BCUT2D eigenvalue weighted by Gasteiger charge is 1.91. The molecule has 0 aliphatic rings. The lowest BCUT2D eigenvalue weighted by atomic mass is 10.2. The third-order valence-electron chi connectivity index (χ3n) is 1.82. The molecule has 1 aromatic carbocycles. The molecule has 0 bridgehead atoms. The van der Waals surface area contributed by atoms with Crippen molar-refractivity contribution in [1.29, 1.82) is 0 Å². The molecule has 0 N–H and O–H groups in total. The van der Waals surface area contributed by atoms with Crippen molar-refractivity contribution in [2.75, 3.05) is 5.75 Å². The van der Waals surface area contributed by atoms with E-state index in [-0.39, 0.29) is 0 Å². The number of benzene rings is 1. The highest BCUT2D eigenvalue weighted by atomic mass is 32.2. The largest absolute Gasteiger partial charge is 0.231 e. The zero-order chi connectivity index (χ0) is 11.1. The van der Waals surface area contributed by atoms with E-state index in [1.807, 2.05) is 30.3 Å². The number of rotatable bonds is 2. The molecule has 16 heavy (non-hydrogen) atoms. The monoisotopic (exact) mass is 226 g/mol. The molecule has 78 valence electrons. The lowest BCUT2D eigenvalue weighted by molar-refractivity contribution is 0.969. The van der Waals surface area contributed by atoms with Crippen molar-refractivity contribution >= 4 is 11.8 Å². The van der Waals surface area contributed by atoms with E-state index in [4.69, 9.17) is 0 Å². The fourth-order valence-electron chi connectivity index (χ4n) is 1.12. The molecule has 3 heteroatoms. The van der Waals surface area contributed by atoms with Gasteiger partial charge in [0.25, 0.3) is 0 Å². The van der Waals surface area contributed by atoms with Crippen molar-refractivity contribution < 1.29 is 0 Å². The Labute approximate surface area is 99.1 Å². The molecule has 0 fully saturated rings. The Balaban J connectivity index is 1.87. The first-order valence-electron chi connectivity index (χ1n) is 4.89. The van der Waals surface area contributed by atoms with Gasteiger partial charge in [-0.25, -0.2) is 9.97 Å². The maximum absolute atomic E-state index is 4.11. The Hall–Kier alpha value is -1.79. The highest BCUT2D eigenvalue weighted by molar-refractivity contribution is 7.99. The van der Waals surface area contributed by atoms with E-state index in [0.29, 0.717) is 5.75 Å². The van der Waals surface area contributed by atoms with E-state index in [0.717, 1.165) is 10.7 Å². The van der Waals surface area contributed by atoms with Gasteiger partial charge in [-0.2, -0.15) is 0 Å². The molecule has 0 aliphatic heterocycles. The fraction of sp³-hybridized carbons (Fsp3) is 0.0769. The molecule has 2 rings (SSSR count). The second-order valence-electron chi connectivity index (χ2n) is 2.99. The molecule has 1 heterocycles. The van der Waals surface area contributed by atoms with Crippen LogP contribution < -0.4 is 0 Å². The minimum absolute atomic E-state index is 0.707. The summed E-state index contributed by atoms with van der Waals surface area (Å²) >= 11 is 1.54. The Morgan fingerprint density at radius 2 is 1.75 bits per heavy atom. The minimum Gasteiger partial charge on any atom is -0.231 e. The summed E-state index contributed by atoms with van der Waals surface area (Å²) < 4.78 is 0. The summed E-state index contributed by atoms with van der Waals surface area (Å²) in [6.07, 6.45) is 3.47. The summed E-state index contributed by atoms with van der Waals surface area (Å²) in [5, 5.41) is 0.768. The van der Waals surface area contributed by atoms with Crippen LogP contribution in [0.3, 0.4) is 0 Å². The maximum atomic E-state index is 4.11. The van der Waals surface area contributed by atoms with Crippen molar-refractivity contribution in [2.24, 2.45) is 0 Å². The van der Waals surface area contributed by atoms with Crippen molar-refractivity contribution in [2.45, 2.75) is 5.16 Å². The second-order valence-corrected chi connectivity index (χ2v) is 3.93. The summed E-state index contributed by atoms with van der Waals surface area (Å²) in [6.45, 7) is 0. The molecule has 0 radical (unpaired) electrons. The van der Waals surface area contributed by atoms with Gasteiger partial charge in [-0.3, -0.25) is 0 Å². The van der Waals surface area contributed by atoms with Gasteiger partial charge in [0.2, 0.25) is 0 Å². The van der Waals surface area contributed by atoms with Gasteiger partial charge in [0, 0.05) is 18.0 Å². The van der Waals surface area contributed by atoms with E-state index >= 15 is 0 Å². The predicted molar refractivity (Wildman–Crippen MR) is 66.1 cm³/mol. The van der Waals surface area contributed by atoms with Crippen LogP contribution in [-0.4, -0.2) is 15.7 Å². The molecule has 0 aliphatic carbocycles. The molecule has 1 aromatic heterocycles. The third-order valence-corrected chi connectivity index (χ3v) is 2.58. The fourth-order valence-corrected chi connectivity index (χ4v) is 1.66. The van der Waals surface area contributed by atoms with E-state index in [1.54, 1.807) is 30.2 Å². The van der Waals surface area contributed by atoms with Gasteiger partial charge in [-0.05, 0) is 18.2 Å². The Kier molecular flexibility index (Phi) is 3.98. The summed E-state index contributed by atoms with van der Waals surface area (Å²) in [7, 11) is 0. The van der Waals surface area contributed by atoms with Gasteiger partial charge >= 0.3 is 0 Å². The first-order valence-corrected chi connectivity index (χ1v) is 5.87. The Morgan fingerprint density at radius 1 is 1.00 bits per heavy atom. The van der Waals surface area contributed by atoms with Gasteiger partial charge < -0.3 is 0 Å². The quantitative estimate of drug-likeness (QED) is 0.447. The lowest BCUT2D eigenvalue weighted by Gasteiger charge is -1.92. The molecule has 2 aromatic rings. The van der Waals surface area contributed by atoms with Crippen LogP contribution >= 0.6 is 11.8 Å². The average Bonchev–Trinajstić information content (AvgIpc) is 2.37. The van der Waals surface area contributed by atoms with Gasteiger partial charge in [-0.15, -0.1) is 0 Å². The number of hydrogen-bond acceptors (Lipinski definition) is 3. The molecular weight excluding hydrogens is 216 g/mol. The maximum Gasteiger partial charge on any atom is 0.188 e. The molecule has 2 nitrogen and oxygen atoms in total. The number of hydrogen-bond donors (Lipinski definition) is 0. The molecule has 0 amide bonds. The van der Waals surface area contributed by atoms with Crippen molar-refractivity contribution in [3.8, 4) is 11.8 Å². The summed E-state index contributed by atoms with van der Waals surface area (Å²) in [4.78, 5) is 8.21. The predicted octanol–water partition coefficient (Wildman–Crippen LogP) is 2.62. The SMILES string of the molecule is C(#Cc1ccccc1)CSc1ncccn1. The summed E-state index contributed by atoms with van der Waals surface area (Å²) in [6, 6.07) is 11.7. The third kappa shape index (κ3) is 3.41. The number of nitrogens with zero attached hydrogens (tertiary/aromatic N) is 2. The average molecular weight is 226 g/mol. The van der Waals surface area contributed by atoms with Crippen LogP contribution in [0, 0.1) is 11.8 Å². The minimum atomic E-state index is 0.707. The second kappa shape index (κ2) is 5.94. The van der Waals surface area contributed by atoms with Gasteiger partial charge in [0.05, 0.1) is 5.75 Å². The van der Waals surface area contributed by atoms with Crippen molar-refractivity contribution in [1.82, 2.24) is 9.97 Å². The first-order chi connectivity index (χ1) is 7.95. The molecule has 0 atom stereocenters. The summed E-state index contributed by atoms with van der Waals surface area (Å²) in [5.41, 5.74) is 1.04. The number of thioether (sulfide) groups is 1.